The van der Waals surface area contributed by atoms with Crippen molar-refractivity contribution in [2.24, 2.45) is 0 Å². The Morgan fingerprint density at radius 3 is 1.90 bits per heavy atom. The lowest BCUT2D eigenvalue weighted by atomic mass is 9.92. The van der Waals surface area contributed by atoms with E-state index in [9.17, 15) is 18.0 Å². The monoisotopic (exact) mass is 777 g/mol. The maximum absolute atomic E-state index is 13.9. The summed E-state index contributed by atoms with van der Waals surface area (Å²) in [6.07, 6.45) is 6.65. The Labute approximate surface area is 307 Å². The molecule has 0 bridgehead atoms. The maximum Gasteiger partial charge on any atom is 0.269 e. The van der Waals surface area contributed by atoms with E-state index in [-0.39, 0.29) is 53.2 Å². The zero-order chi connectivity index (χ0) is 35.6. The molecule has 3 N–H and O–H groups in total. The highest BCUT2D eigenvalue weighted by atomic mass is 79.9. The van der Waals surface area contributed by atoms with E-state index in [4.69, 9.17) is 9.47 Å². The van der Waals surface area contributed by atoms with E-state index in [2.05, 4.69) is 36.4 Å². The van der Waals surface area contributed by atoms with Crippen LogP contribution in [0.3, 0.4) is 0 Å². The molecule has 270 valence electrons. The second kappa shape index (κ2) is 17.5. The lowest BCUT2D eigenvalue weighted by molar-refractivity contribution is -0.124. The molecule has 13 heteroatoms. The van der Waals surface area contributed by atoms with Gasteiger partial charge in [0.25, 0.3) is 15.9 Å². The summed E-state index contributed by atoms with van der Waals surface area (Å²) in [5.41, 5.74) is 2.17. The number of rotatable bonds is 14. The minimum atomic E-state index is -4.05. The van der Waals surface area contributed by atoms with Crippen LogP contribution in [0.5, 0.6) is 0 Å². The first-order valence-electron chi connectivity index (χ1n) is 17.5. The van der Waals surface area contributed by atoms with Gasteiger partial charge in [-0.15, -0.1) is 0 Å². The Hall–Kier alpha value is -4.04. The first kappa shape index (κ1) is 36.7. The predicted molar refractivity (Wildman–Crippen MR) is 197 cm³/mol. The zero-order valence-electron chi connectivity index (χ0n) is 28.4. The minimum Gasteiger partial charge on any atom is -0.371 e. The van der Waals surface area contributed by atoms with Gasteiger partial charge in [0, 0.05) is 10.5 Å². The van der Waals surface area contributed by atoms with Gasteiger partial charge in [0.05, 0.1) is 42.4 Å². The van der Waals surface area contributed by atoms with Crippen LogP contribution in [0.2, 0.25) is 0 Å². The Bertz CT molecular complexity index is 1870. The summed E-state index contributed by atoms with van der Waals surface area (Å²) >= 11 is 3.32. The molecule has 2 aliphatic rings. The molecule has 4 atom stereocenters. The van der Waals surface area contributed by atoms with Gasteiger partial charge in [0.2, 0.25) is 5.91 Å². The summed E-state index contributed by atoms with van der Waals surface area (Å²) in [5, 5.41) is 10.6. The number of hydrogen-bond donors (Lipinski definition) is 3. The number of nitrogens with one attached hydrogen (secondary N) is 3. The van der Waals surface area contributed by atoms with Gasteiger partial charge in [-0.05, 0) is 55.0 Å². The van der Waals surface area contributed by atoms with E-state index in [1.807, 2.05) is 60.7 Å². The molecular formula is C38H44BrN5O6S. The SMILES string of the molecule is O=C(Cn1nc(NS(=O)(=O)c2cccc(Br)c2)cc1C(=O)N[C@H]1CCCC[C@@H]1OCc1ccccc1)N[C@H]1CCCC[C@@H]1OCc1ccccc1. The summed E-state index contributed by atoms with van der Waals surface area (Å²) in [4.78, 5) is 27.5. The Kier molecular flexibility index (Phi) is 12.6. The summed E-state index contributed by atoms with van der Waals surface area (Å²) in [7, 11) is -4.05. The molecule has 0 radical (unpaired) electrons. The number of nitrogens with zero attached hydrogens (tertiary/aromatic N) is 2. The molecule has 2 amide bonds. The first-order valence-corrected chi connectivity index (χ1v) is 19.8. The standard InChI is InChI=1S/C38H44BrN5O6S/c39-29-16-11-17-30(22-29)51(47,48)43-36-23-33(38(46)41-32-19-8-10-21-35(32)50-26-28-14-5-2-6-15-28)44(42-36)24-37(45)40-31-18-7-9-20-34(31)49-25-27-12-3-1-4-13-27/h1-6,11-17,22-23,31-32,34-35H,7-10,18-21,24-26H2,(H,40,45)(H,41,46)(H,42,43)/t31-,32-,34-,35-/m0/s1. The third-order valence-corrected chi connectivity index (χ3v) is 11.2. The van der Waals surface area contributed by atoms with Crippen LogP contribution in [0.15, 0.2) is 100 Å². The molecule has 0 aliphatic heterocycles. The molecule has 2 fully saturated rings. The molecule has 1 heterocycles. The smallest absolute Gasteiger partial charge is 0.269 e. The molecule has 0 saturated heterocycles. The molecule has 2 aliphatic carbocycles. The summed E-state index contributed by atoms with van der Waals surface area (Å²) in [6, 6.07) is 27.0. The van der Waals surface area contributed by atoms with Crippen LogP contribution in [0.1, 0.15) is 73.0 Å². The third-order valence-electron chi connectivity index (χ3n) is 9.33. The zero-order valence-corrected chi connectivity index (χ0v) is 30.8. The van der Waals surface area contributed by atoms with Crippen molar-refractivity contribution in [3.05, 3.63) is 112 Å². The van der Waals surface area contributed by atoms with Crippen molar-refractivity contribution in [2.75, 3.05) is 4.72 Å². The third kappa shape index (κ3) is 10.3. The topological polar surface area (TPSA) is 141 Å². The van der Waals surface area contributed by atoms with Crippen molar-refractivity contribution in [2.45, 2.75) is 100 Å². The van der Waals surface area contributed by atoms with Crippen LogP contribution < -0.4 is 15.4 Å². The molecule has 51 heavy (non-hydrogen) atoms. The average molecular weight is 779 g/mol. The molecule has 2 saturated carbocycles. The molecular weight excluding hydrogens is 734 g/mol. The number of anilines is 1. The number of benzene rings is 3. The number of carbonyl (C=O) groups excluding carboxylic acids is 2. The van der Waals surface area contributed by atoms with Gasteiger partial charge in [0.1, 0.15) is 12.2 Å². The largest absolute Gasteiger partial charge is 0.371 e. The minimum absolute atomic E-state index is 0.0228. The van der Waals surface area contributed by atoms with Gasteiger partial charge in [-0.3, -0.25) is 14.3 Å². The van der Waals surface area contributed by atoms with Gasteiger partial charge in [-0.25, -0.2) is 13.1 Å². The molecule has 6 rings (SSSR count). The van der Waals surface area contributed by atoms with E-state index in [1.54, 1.807) is 12.1 Å². The fraction of sp³-hybridized carbons (Fsp3) is 0.395. The Morgan fingerprint density at radius 2 is 1.31 bits per heavy atom. The number of carbonyl (C=O) groups is 2. The highest BCUT2D eigenvalue weighted by Crippen LogP contribution is 2.25. The number of aromatic nitrogens is 2. The van der Waals surface area contributed by atoms with Crippen LogP contribution in [-0.2, 0) is 44.1 Å². The summed E-state index contributed by atoms with van der Waals surface area (Å²) in [5.74, 6) is -0.893. The van der Waals surface area contributed by atoms with Gasteiger partial charge < -0.3 is 20.1 Å². The van der Waals surface area contributed by atoms with Crippen molar-refractivity contribution in [3.63, 3.8) is 0 Å². The molecule has 4 aromatic rings. The first-order chi connectivity index (χ1) is 24.7. The van der Waals surface area contributed by atoms with Crippen LogP contribution in [-0.4, -0.2) is 54.3 Å². The second-order valence-electron chi connectivity index (χ2n) is 13.1. The number of hydrogen-bond acceptors (Lipinski definition) is 7. The summed E-state index contributed by atoms with van der Waals surface area (Å²) < 4.78 is 43.4. The van der Waals surface area contributed by atoms with Crippen LogP contribution in [0.4, 0.5) is 5.82 Å². The molecule has 11 nitrogen and oxygen atoms in total. The Balaban J connectivity index is 1.18. The van der Waals surface area contributed by atoms with Crippen molar-refractivity contribution >= 4 is 43.6 Å². The van der Waals surface area contributed by atoms with E-state index in [0.29, 0.717) is 17.7 Å². The summed E-state index contributed by atoms with van der Waals surface area (Å²) in [6.45, 7) is 0.580. The highest BCUT2D eigenvalue weighted by Gasteiger charge is 2.31. The number of halogens is 1. The second-order valence-corrected chi connectivity index (χ2v) is 15.7. The number of ether oxygens (including phenoxy) is 2. The van der Waals surface area contributed by atoms with Crippen LogP contribution in [0, 0.1) is 0 Å². The fourth-order valence-electron chi connectivity index (χ4n) is 6.71. The highest BCUT2D eigenvalue weighted by molar-refractivity contribution is 9.10. The van der Waals surface area contributed by atoms with Crippen molar-refractivity contribution in [1.82, 2.24) is 20.4 Å². The fourth-order valence-corrected chi connectivity index (χ4v) is 8.29. The predicted octanol–water partition coefficient (Wildman–Crippen LogP) is 6.35. The molecule has 3 aromatic carbocycles. The van der Waals surface area contributed by atoms with E-state index in [0.717, 1.165) is 62.5 Å². The van der Waals surface area contributed by atoms with Crippen molar-refractivity contribution in [1.29, 1.82) is 0 Å². The number of sulfonamides is 1. The van der Waals surface area contributed by atoms with Gasteiger partial charge in [-0.1, -0.05) is 108 Å². The number of amides is 2. The maximum atomic E-state index is 13.9. The van der Waals surface area contributed by atoms with Gasteiger partial charge in [0.15, 0.2) is 5.82 Å². The van der Waals surface area contributed by atoms with Crippen molar-refractivity contribution < 1.29 is 27.5 Å². The van der Waals surface area contributed by atoms with Crippen molar-refractivity contribution in [3.8, 4) is 0 Å². The van der Waals surface area contributed by atoms with Crippen LogP contribution >= 0.6 is 15.9 Å². The van der Waals surface area contributed by atoms with E-state index < -0.39 is 15.9 Å². The molecule has 0 spiro atoms. The average Bonchev–Trinajstić information content (AvgIpc) is 3.52. The normalized spacial score (nSPS) is 20.7. The molecule has 0 unspecified atom stereocenters. The van der Waals surface area contributed by atoms with E-state index >= 15 is 0 Å². The van der Waals surface area contributed by atoms with Crippen LogP contribution in [0.25, 0.3) is 0 Å². The quantitative estimate of drug-likeness (QED) is 0.136. The molecule has 1 aromatic heterocycles. The lowest BCUT2D eigenvalue weighted by Gasteiger charge is -2.32. The van der Waals surface area contributed by atoms with Gasteiger partial charge >= 0.3 is 0 Å². The lowest BCUT2D eigenvalue weighted by Crippen LogP contribution is -2.48. The van der Waals surface area contributed by atoms with Gasteiger partial charge in [-0.2, -0.15) is 5.10 Å². The Morgan fingerprint density at radius 1 is 0.745 bits per heavy atom. The van der Waals surface area contributed by atoms with E-state index in [1.165, 1.54) is 22.9 Å².